The van der Waals surface area contributed by atoms with Crippen LogP contribution in [-0.4, -0.2) is 43.9 Å². The summed E-state index contributed by atoms with van der Waals surface area (Å²) in [7, 11) is -1.87. The fraction of sp³-hybridized carbons (Fsp3) is 0.238. The fourth-order valence-corrected chi connectivity index (χ4v) is 4.73. The van der Waals surface area contributed by atoms with Crippen molar-refractivity contribution in [2.75, 3.05) is 25.5 Å². The Hall–Kier alpha value is -2.75. The lowest BCUT2D eigenvalue weighted by Gasteiger charge is -2.16. The van der Waals surface area contributed by atoms with Crippen LogP contribution in [0.3, 0.4) is 0 Å². The summed E-state index contributed by atoms with van der Waals surface area (Å²) in [4.78, 5) is 12.3. The predicted octanol–water partition coefficient (Wildman–Crippen LogP) is 3.01. The molecule has 2 aromatic rings. The van der Waals surface area contributed by atoms with Gasteiger partial charge in [-0.3, -0.25) is 10.1 Å². The first-order chi connectivity index (χ1) is 14.4. The van der Waals surface area contributed by atoms with Crippen LogP contribution >= 0.6 is 12.2 Å². The number of carbonyl (C=O) groups is 1. The number of benzene rings is 2. The topological polar surface area (TPSA) is 87.7 Å². The average molecular weight is 446 g/mol. The van der Waals surface area contributed by atoms with Crippen LogP contribution in [0.1, 0.15) is 18.4 Å². The number of anilines is 1. The third-order valence-corrected chi connectivity index (χ3v) is 6.71. The summed E-state index contributed by atoms with van der Waals surface area (Å²) in [6.45, 7) is 1.12. The molecular weight excluding hydrogens is 422 g/mol. The summed E-state index contributed by atoms with van der Waals surface area (Å²) in [6.07, 6.45) is 4.82. The molecule has 1 aliphatic heterocycles. The molecule has 7 nitrogen and oxygen atoms in total. The maximum Gasteiger partial charge on any atom is 0.250 e. The second kappa shape index (κ2) is 9.84. The van der Waals surface area contributed by atoms with Gasteiger partial charge in [0.1, 0.15) is 5.75 Å². The zero-order chi connectivity index (χ0) is 21.6. The Morgan fingerprint density at radius 2 is 1.70 bits per heavy atom. The van der Waals surface area contributed by atoms with Gasteiger partial charge in [-0.15, -0.1) is 0 Å². The molecule has 0 saturated carbocycles. The first-order valence-corrected chi connectivity index (χ1v) is 11.3. The Morgan fingerprint density at radius 1 is 1.07 bits per heavy atom. The number of methoxy groups -OCH3 is 1. The van der Waals surface area contributed by atoms with Gasteiger partial charge < -0.3 is 10.1 Å². The molecular formula is C21H23N3O4S2. The molecule has 0 aliphatic carbocycles. The molecule has 1 heterocycles. The standard InChI is InChI=1S/C21H23N3O4S2/c1-28-18-9-4-16(5-10-18)6-13-20(25)23-21(29)22-17-7-11-19(12-8-17)30(26,27)24-14-2-3-15-24/h4-13H,2-3,14-15H2,1H3,(H2,22,23,25,29)/b13-6+. The van der Waals surface area contributed by atoms with Crippen LogP contribution in [-0.2, 0) is 14.8 Å². The Labute approximate surface area is 181 Å². The molecule has 1 aliphatic rings. The first kappa shape index (κ1) is 21.9. The summed E-state index contributed by atoms with van der Waals surface area (Å²) in [6, 6.07) is 13.6. The third-order valence-electron chi connectivity index (χ3n) is 4.59. The molecule has 0 spiro atoms. The molecule has 1 saturated heterocycles. The van der Waals surface area contributed by atoms with Crippen molar-refractivity contribution in [1.29, 1.82) is 0 Å². The van der Waals surface area contributed by atoms with Gasteiger partial charge >= 0.3 is 0 Å². The van der Waals surface area contributed by atoms with E-state index < -0.39 is 10.0 Å². The summed E-state index contributed by atoms with van der Waals surface area (Å²) in [5.41, 5.74) is 1.43. The number of nitrogens with zero attached hydrogens (tertiary/aromatic N) is 1. The number of amides is 1. The fourth-order valence-electron chi connectivity index (χ4n) is 2.99. The third kappa shape index (κ3) is 5.65. The van der Waals surface area contributed by atoms with Gasteiger partial charge in [0.05, 0.1) is 12.0 Å². The minimum atomic E-state index is -3.46. The van der Waals surface area contributed by atoms with Gasteiger partial charge in [-0.05, 0) is 73.1 Å². The Kier molecular flexibility index (Phi) is 7.20. The van der Waals surface area contributed by atoms with Crippen molar-refractivity contribution in [3.05, 3.63) is 60.2 Å². The Balaban J connectivity index is 1.53. The smallest absolute Gasteiger partial charge is 0.250 e. The highest BCUT2D eigenvalue weighted by molar-refractivity contribution is 7.89. The molecule has 2 aromatic carbocycles. The Morgan fingerprint density at radius 3 is 2.30 bits per heavy atom. The second-order valence-corrected chi connectivity index (χ2v) is 9.03. The van der Waals surface area contributed by atoms with Crippen molar-refractivity contribution in [3.63, 3.8) is 0 Å². The number of thiocarbonyl (C=S) groups is 1. The number of nitrogens with one attached hydrogen (secondary N) is 2. The number of hydrogen-bond donors (Lipinski definition) is 2. The number of carbonyl (C=O) groups excluding carboxylic acids is 1. The van der Waals surface area contributed by atoms with Gasteiger partial charge in [0.25, 0.3) is 0 Å². The predicted molar refractivity (Wildman–Crippen MR) is 121 cm³/mol. The van der Waals surface area contributed by atoms with E-state index in [1.54, 1.807) is 37.5 Å². The highest BCUT2D eigenvalue weighted by Gasteiger charge is 2.26. The van der Waals surface area contributed by atoms with Crippen molar-refractivity contribution >= 4 is 45.0 Å². The number of hydrogen-bond acceptors (Lipinski definition) is 5. The van der Waals surface area contributed by atoms with E-state index in [1.807, 2.05) is 12.1 Å². The minimum absolute atomic E-state index is 0.120. The molecule has 1 fully saturated rings. The van der Waals surface area contributed by atoms with Gasteiger partial charge in [-0.1, -0.05) is 12.1 Å². The van der Waals surface area contributed by atoms with E-state index in [4.69, 9.17) is 17.0 Å². The van der Waals surface area contributed by atoms with E-state index in [2.05, 4.69) is 10.6 Å². The van der Waals surface area contributed by atoms with Crippen LogP contribution < -0.4 is 15.4 Å². The van der Waals surface area contributed by atoms with Crippen LogP contribution in [0.5, 0.6) is 5.75 Å². The quantitative estimate of drug-likeness (QED) is 0.525. The van der Waals surface area contributed by atoms with E-state index in [9.17, 15) is 13.2 Å². The molecule has 1 amide bonds. The van der Waals surface area contributed by atoms with Crippen LogP contribution in [0.2, 0.25) is 0 Å². The summed E-state index contributed by atoms with van der Waals surface area (Å²) >= 11 is 5.15. The molecule has 2 N–H and O–H groups in total. The number of sulfonamides is 1. The normalized spacial score (nSPS) is 14.6. The van der Waals surface area contributed by atoms with Crippen LogP contribution in [0.4, 0.5) is 5.69 Å². The van der Waals surface area contributed by atoms with Gasteiger partial charge in [0.15, 0.2) is 5.11 Å². The first-order valence-electron chi connectivity index (χ1n) is 9.43. The van der Waals surface area contributed by atoms with Crippen molar-refractivity contribution in [2.45, 2.75) is 17.7 Å². The summed E-state index contributed by atoms with van der Waals surface area (Å²) in [5, 5.41) is 5.55. The number of ether oxygens (including phenoxy) is 1. The zero-order valence-corrected chi connectivity index (χ0v) is 18.1. The van der Waals surface area contributed by atoms with Gasteiger partial charge in [0, 0.05) is 24.9 Å². The monoisotopic (exact) mass is 445 g/mol. The second-order valence-electron chi connectivity index (χ2n) is 6.69. The van der Waals surface area contributed by atoms with Crippen LogP contribution in [0, 0.1) is 0 Å². The molecule has 9 heteroatoms. The highest BCUT2D eigenvalue weighted by atomic mass is 32.2. The van der Waals surface area contributed by atoms with Gasteiger partial charge in [-0.2, -0.15) is 4.31 Å². The molecule has 158 valence electrons. The Bertz CT molecular complexity index is 1030. The maximum atomic E-state index is 12.5. The van der Waals surface area contributed by atoms with E-state index in [0.29, 0.717) is 18.8 Å². The molecule has 3 rings (SSSR count). The molecule has 30 heavy (non-hydrogen) atoms. The summed E-state index contributed by atoms with van der Waals surface area (Å²) < 4.78 is 31.7. The maximum absolute atomic E-state index is 12.5. The zero-order valence-electron chi connectivity index (χ0n) is 16.5. The van der Waals surface area contributed by atoms with Gasteiger partial charge in [-0.25, -0.2) is 8.42 Å². The lowest BCUT2D eigenvalue weighted by Crippen LogP contribution is -2.32. The SMILES string of the molecule is COc1ccc(/C=C/C(=O)NC(=S)Nc2ccc(S(=O)(=O)N3CCCC3)cc2)cc1. The summed E-state index contributed by atoms with van der Waals surface area (Å²) in [5.74, 6) is 0.359. The van der Waals surface area contributed by atoms with E-state index in [1.165, 1.54) is 22.5 Å². The van der Waals surface area contributed by atoms with Crippen molar-refractivity contribution in [2.24, 2.45) is 0 Å². The van der Waals surface area contributed by atoms with Crippen LogP contribution in [0.15, 0.2) is 59.5 Å². The molecule has 0 aromatic heterocycles. The lowest BCUT2D eigenvalue weighted by molar-refractivity contribution is -0.115. The number of rotatable bonds is 6. The minimum Gasteiger partial charge on any atom is -0.497 e. The van der Waals surface area contributed by atoms with Crippen molar-refractivity contribution in [3.8, 4) is 5.75 Å². The van der Waals surface area contributed by atoms with Crippen LogP contribution in [0.25, 0.3) is 6.08 Å². The highest BCUT2D eigenvalue weighted by Crippen LogP contribution is 2.22. The van der Waals surface area contributed by atoms with Gasteiger partial charge in [0.2, 0.25) is 15.9 Å². The molecule has 0 bridgehead atoms. The van der Waals surface area contributed by atoms with E-state index >= 15 is 0 Å². The lowest BCUT2D eigenvalue weighted by atomic mass is 10.2. The van der Waals surface area contributed by atoms with E-state index in [-0.39, 0.29) is 15.9 Å². The molecule has 0 radical (unpaired) electrons. The largest absolute Gasteiger partial charge is 0.497 e. The average Bonchev–Trinajstić information content (AvgIpc) is 3.29. The van der Waals surface area contributed by atoms with E-state index in [0.717, 1.165) is 24.2 Å². The van der Waals surface area contributed by atoms with Crippen molar-refractivity contribution < 1.29 is 17.9 Å². The molecule has 0 atom stereocenters. The molecule has 0 unspecified atom stereocenters. The van der Waals surface area contributed by atoms with Crippen molar-refractivity contribution in [1.82, 2.24) is 9.62 Å².